The van der Waals surface area contributed by atoms with Crippen LogP contribution >= 0.6 is 11.3 Å². The van der Waals surface area contributed by atoms with Crippen molar-refractivity contribution in [3.63, 3.8) is 0 Å². The molecular weight excluding hydrogens is 943 g/mol. The molecule has 0 saturated heterocycles. The van der Waals surface area contributed by atoms with Crippen LogP contribution in [0.15, 0.2) is 255 Å². The number of nitrogens with zero attached hydrogens (tertiary/aromatic N) is 5. The first-order valence-electron chi connectivity index (χ1n) is 25.9. The third-order valence-corrected chi connectivity index (χ3v) is 16.8. The van der Waals surface area contributed by atoms with Crippen LogP contribution in [0.1, 0.15) is 22.6 Å². The molecule has 15 aromatic rings. The zero-order chi connectivity index (χ0) is 49.8. The van der Waals surface area contributed by atoms with Crippen LogP contribution in [0.3, 0.4) is 0 Å². The van der Waals surface area contributed by atoms with Crippen molar-refractivity contribution in [1.82, 2.24) is 24.1 Å². The second-order valence-electron chi connectivity index (χ2n) is 19.9. The molecule has 76 heavy (non-hydrogen) atoms. The Hall–Kier alpha value is -9.75. The molecule has 0 fully saturated rings. The summed E-state index contributed by atoms with van der Waals surface area (Å²) in [5.41, 5.74) is 18.2. The number of para-hydroxylation sites is 2. The van der Waals surface area contributed by atoms with E-state index in [-0.39, 0.29) is 5.92 Å². The predicted molar refractivity (Wildman–Crippen MR) is 316 cm³/mol. The minimum atomic E-state index is 0.0712. The first-order chi connectivity index (χ1) is 37.7. The molecule has 0 N–H and O–H groups in total. The Labute approximate surface area is 441 Å². The first-order valence-corrected chi connectivity index (χ1v) is 26.7. The zero-order valence-electron chi connectivity index (χ0n) is 41.0. The van der Waals surface area contributed by atoms with E-state index >= 15 is 0 Å². The highest BCUT2D eigenvalue weighted by Gasteiger charge is 2.30. The summed E-state index contributed by atoms with van der Waals surface area (Å²) < 4.78 is 7.44. The maximum absolute atomic E-state index is 5.36. The molecule has 0 amide bonds. The fourth-order valence-corrected chi connectivity index (χ4v) is 13.5. The lowest BCUT2D eigenvalue weighted by Crippen LogP contribution is -2.03. The minimum Gasteiger partial charge on any atom is -0.309 e. The second kappa shape index (κ2) is 16.9. The van der Waals surface area contributed by atoms with Crippen LogP contribution in [0.4, 0.5) is 0 Å². The summed E-state index contributed by atoms with van der Waals surface area (Å²) in [6, 6.07) is 92.6. The van der Waals surface area contributed by atoms with Crippen molar-refractivity contribution >= 4 is 75.1 Å². The van der Waals surface area contributed by atoms with Crippen molar-refractivity contribution in [2.75, 3.05) is 0 Å². The molecule has 0 unspecified atom stereocenters. The molecule has 0 bridgehead atoms. The quantitative estimate of drug-likeness (QED) is 0.160. The molecule has 11 aromatic carbocycles. The van der Waals surface area contributed by atoms with Crippen LogP contribution in [-0.4, -0.2) is 24.1 Å². The Bertz CT molecular complexity index is 4680. The van der Waals surface area contributed by atoms with Crippen LogP contribution in [-0.2, 0) is 0 Å². The summed E-state index contributed by atoms with van der Waals surface area (Å²) in [7, 11) is 0. The van der Waals surface area contributed by atoms with Crippen molar-refractivity contribution in [1.29, 1.82) is 0 Å². The van der Waals surface area contributed by atoms with Gasteiger partial charge in [-0.1, -0.05) is 200 Å². The molecular formula is C70H43N5S. The van der Waals surface area contributed by atoms with Crippen LogP contribution in [0, 0.1) is 0 Å². The molecule has 4 aromatic heterocycles. The Morgan fingerprint density at radius 3 is 1.46 bits per heavy atom. The highest BCUT2D eigenvalue weighted by Crippen LogP contribution is 2.49. The van der Waals surface area contributed by atoms with Gasteiger partial charge in [-0.15, -0.1) is 11.3 Å². The molecule has 354 valence electrons. The Kier molecular flexibility index (Phi) is 9.50. The zero-order valence-corrected chi connectivity index (χ0v) is 41.8. The van der Waals surface area contributed by atoms with E-state index in [0.29, 0.717) is 17.5 Å². The number of hydrogen-bond donors (Lipinski definition) is 0. The molecule has 0 atom stereocenters. The average molecular weight is 986 g/mol. The van der Waals surface area contributed by atoms with Crippen molar-refractivity contribution in [2.24, 2.45) is 0 Å². The first kappa shape index (κ1) is 42.7. The number of thiophene rings is 1. The largest absolute Gasteiger partial charge is 0.309 e. The van der Waals surface area contributed by atoms with Crippen molar-refractivity contribution in [3.8, 4) is 67.8 Å². The molecule has 6 heteroatoms. The highest BCUT2D eigenvalue weighted by molar-refractivity contribution is 7.26. The van der Waals surface area contributed by atoms with Gasteiger partial charge in [0.15, 0.2) is 17.5 Å². The van der Waals surface area contributed by atoms with Gasteiger partial charge >= 0.3 is 0 Å². The lowest BCUT2D eigenvalue weighted by atomic mass is 9.89. The van der Waals surface area contributed by atoms with Crippen LogP contribution in [0.25, 0.3) is 132 Å². The van der Waals surface area contributed by atoms with Crippen molar-refractivity contribution < 1.29 is 0 Å². The molecule has 1 aliphatic carbocycles. The van der Waals surface area contributed by atoms with Gasteiger partial charge in [-0.2, -0.15) is 0 Å². The lowest BCUT2D eigenvalue weighted by molar-refractivity contribution is 1.01. The molecule has 0 aliphatic heterocycles. The standard InChI is InChI=1S/C70H43N5S/c1-3-18-43(19-4-1)68-71-69(44-20-5-2-6-21-44)73-70(72-68)47-38-46(50-29-17-30-60-57-26-13-16-33-65(57)76-67(50)60)39-49(40-47)75-63-41-45(66-58-27-9-7-22-51(58)52-23-8-10-28-59(52)66)34-36-55(63)56-37-35-48(42-64(56)75)74-61-31-14-11-24-53(61)54-25-12-15-32-62(54)74/h1-42,66H. The Morgan fingerprint density at radius 2 is 0.789 bits per heavy atom. The fourth-order valence-electron chi connectivity index (χ4n) is 12.3. The van der Waals surface area contributed by atoms with Gasteiger partial charge < -0.3 is 9.13 Å². The van der Waals surface area contributed by atoms with E-state index in [9.17, 15) is 0 Å². The summed E-state index contributed by atoms with van der Waals surface area (Å²) in [5, 5.41) is 7.34. The van der Waals surface area contributed by atoms with E-state index in [1.54, 1.807) is 0 Å². The minimum absolute atomic E-state index is 0.0712. The van der Waals surface area contributed by atoms with Crippen LogP contribution < -0.4 is 0 Å². The monoisotopic (exact) mass is 985 g/mol. The summed E-state index contributed by atoms with van der Waals surface area (Å²) in [4.78, 5) is 15.9. The second-order valence-corrected chi connectivity index (χ2v) is 20.9. The normalized spacial score (nSPS) is 12.4. The third-order valence-electron chi connectivity index (χ3n) is 15.6. The summed E-state index contributed by atoms with van der Waals surface area (Å²) >= 11 is 1.85. The van der Waals surface area contributed by atoms with Gasteiger partial charge in [0, 0.05) is 75.7 Å². The average Bonchev–Trinajstić information content (AvgIpc) is 4.26. The predicted octanol–water partition coefficient (Wildman–Crippen LogP) is 18.3. The van der Waals surface area contributed by atoms with Gasteiger partial charge in [0.1, 0.15) is 0 Å². The summed E-state index contributed by atoms with van der Waals surface area (Å²) in [6.45, 7) is 0. The van der Waals surface area contributed by atoms with Crippen molar-refractivity contribution in [3.05, 3.63) is 271 Å². The molecule has 0 spiro atoms. The van der Waals surface area contributed by atoms with Crippen LogP contribution in [0.2, 0.25) is 0 Å². The molecule has 0 saturated carbocycles. The van der Waals surface area contributed by atoms with Gasteiger partial charge in [-0.25, -0.2) is 15.0 Å². The molecule has 16 rings (SSSR count). The smallest absolute Gasteiger partial charge is 0.164 e. The maximum atomic E-state index is 5.36. The maximum Gasteiger partial charge on any atom is 0.164 e. The van der Waals surface area contributed by atoms with E-state index in [1.807, 2.05) is 47.7 Å². The molecule has 1 aliphatic rings. The summed E-state index contributed by atoms with van der Waals surface area (Å²) in [5.74, 6) is 1.92. The van der Waals surface area contributed by atoms with Gasteiger partial charge in [-0.3, -0.25) is 0 Å². The van der Waals surface area contributed by atoms with E-state index < -0.39 is 0 Å². The number of hydrogen-bond acceptors (Lipinski definition) is 4. The topological polar surface area (TPSA) is 48.5 Å². The SMILES string of the molecule is c1ccc(-c2nc(-c3ccccc3)nc(-c3cc(-c4cccc5c4sc4ccccc45)cc(-n4c5cc(C6c7ccccc7-c7ccccc76)ccc5c5ccc(-n6c7ccccc7c7ccccc76)cc54)c3)n2)cc1. The summed E-state index contributed by atoms with van der Waals surface area (Å²) in [6.07, 6.45) is 0. The number of fused-ring (bicyclic) bond motifs is 12. The molecule has 5 nitrogen and oxygen atoms in total. The number of aromatic nitrogens is 5. The van der Waals surface area contributed by atoms with Gasteiger partial charge in [0.05, 0.1) is 22.1 Å². The van der Waals surface area contributed by atoms with E-state index in [4.69, 9.17) is 15.0 Å². The van der Waals surface area contributed by atoms with Gasteiger partial charge in [0.2, 0.25) is 0 Å². The Morgan fingerprint density at radius 1 is 0.303 bits per heavy atom. The van der Waals surface area contributed by atoms with Gasteiger partial charge in [-0.05, 0) is 93.5 Å². The highest BCUT2D eigenvalue weighted by atomic mass is 32.1. The number of benzene rings is 11. The molecule has 4 heterocycles. The van der Waals surface area contributed by atoms with E-state index in [2.05, 4.69) is 228 Å². The van der Waals surface area contributed by atoms with Crippen molar-refractivity contribution in [2.45, 2.75) is 5.92 Å². The molecule has 0 radical (unpaired) electrons. The van der Waals surface area contributed by atoms with Gasteiger partial charge in [0.25, 0.3) is 0 Å². The lowest BCUT2D eigenvalue weighted by Gasteiger charge is -2.17. The van der Waals surface area contributed by atoms with E-state index in [0.717, 1.165) is 50.2 Å². The number of rotatable bonds is 7. The third kappa shape index (κ3) is 6.61. The van der Waals surface area contributed by atoms with Crippen LogP contribution in [0.5, 0.6) is 0 Å². The fraction of sp³-hybridized carbons (Fsp3) is 0.0143. The Balaban J connectivity index is 1.01. The van der Waals surface area contributed by atoms with E-state index in [1.165, 1.54) is 80.6 Å².